The molecule has 6 nitrogen and oxygen atoms in total. The van der Waals surface area contributed by atoms with Crippen LogP contribution in [0.4, 0.5) is 5.82 Å². The van der Waals surface area contributed by atoms with Crippen LogP contribution in [0.3, 0.4) is 0 Å². The first-order valence-corrected chi connectivity index (χ1v) is 11.5. The Labute approximate surface area is 200 Å². The Morgan fingerprint density at radius 1 is 0.941 bits per heavy atom. The fraction of sp³-hybridized carbons (Fsp3) is 0.250. The molecule has 6 heteroatoms. The number of aromatic nitrogens is 2. The largest absolute Gasteiger partial charge is 0.361 e. The number of aryl methyl sites for hydroxylation is 3. The third-order valence-corrected chi connectivity index (χ3v) is 6.01. The molecule has 4 rings (SSSR count). The minimum atomic E-state index is -0.502. The molecule has 0 spiro atoms. The third-order valence-electron chi connectivity index (χ3n) is 6.01. The van der Waals surface area contributed by atoms with Gasteiger partial charge in [0.1, 0.15) is 17.6 Å². The topological polar surface area (TPSA) is 80.0 Å². The van der Waals surface area contributed by atoms with Crippen molar-refractivity contribution in [2.24, 2.45) is 0 Å². The maximum atomic E-state index is 13.3. The lowest BCUT2D eigenvalue weighted by molar-refractivity contribution is -0.118. The van der Waals surface area contributed by atoms with Crippen molar-refractivity contribution < 1.29 is 9.32 Å². The molecule has 2 aromatic carbocycles. The maximum absolute atomic E-state index is 13.3. The van der Waals surface area contributed by atoms with Gasteiger partial charge in [0, 0.05) is 23.9 Å². The highest BCUT2D eigenvalue weighted by molar-refractivity contribution is 5.95. The first-order chi connectivity index (χ1) is 16.4. The number of pyridine rings is 1. The third kappa shape index (κ3) is 5.41. The molecule has 1 amide bonds. The minimum absolute atomic E-state index is 0.153. The molecule has 0 fully saturated rings. The molecule has 0 aliphatic heterocycles. The number of nitrogens with one attached hydrogen (secondary N) is 2. The fourth-order valence-electron chi connectivity index (χ4n) is 4.02. The predicted molar refractivity (Wildman–Crippen MR) is 135 cm³/mol. The second-order valence-corrected chi connectivity index (χ2v) is 8.68. The van der Waals surface area contributed by atoms with Crippen LogP contribution in [0.25, 0.3) is 11.1 Å². The van der Waals surface area contributed by atoms with Gasteiger partial charge in [0.05, 0.1) is 5.69 Å². The average molecular weight is 455 g/mol. The van der Waals surface area contributed by atoms with Crippen molar-refractivity contribution in [1.82, 2.24) is 15.5 Å². The lowest BCUT2D eigenvalue weighted by atomic mass is 9.98. The Morgan fingerprint density at radius 2 is 1.68 bits per heavy atom. The summed E-state index contributed by atoms with van der Waals surface area (Å²) in [5.41, 5.74) is 6.02. The zero-order chi connectivity index (χ0) is 24.1. The van der Waals surface area contributed by atoms with Crippen LogP contribution in [0.2, 0.25) is 0 Å². The van der Waals surface area contributed by atoms with E-state index in [0.717, 1.165) is 28.1 Å². The Bertz CT molecular complexity index is 1210. The first-order valence-electron chi connectivity index (χ1n) is 11.5. The molecule has 2 heterocycles. The van der Waals surface area contributed by atoms with E-state index >= 15 is 0 Å². The summed E-state index contributed by atoms with van der Waals surface area (Å²) in [6.45, 7) is 8.67. The molecule has 0 saturated heterocycles. The Hall–Kier alpha value is -3.77. The molecule has 2 aromatic heterocycles. The fourth-order valence-corrected chi connectivity index (χ4v) is 4.02. The van der Waals surface area contributed by atoms with Gasteiger partial charge >= 0.3 is 0 Å². The highest BCUT2D eigenvalue weighted by Crippen LogP contribution is 2.27. The van der Waals surface area contributed by atoms with Crippen molar-refractivity contribution in [1.29, 1.82) is 0 Å². The van der Waals surface area contributed by atoms with Gasteiger partial charge in [-0.05, 0) is 49.9 Å². The molecule has 0 bridgehead atoms. The van der Waals surface area contributed by atoms with Crippen molar-refractivity contribution in [2.75, 3.05) is 11.9 Å². The predicted octanol–water partition coefficient (Wildman–Crippen LogP) is 5.73. The zero-order valence-electron chi connectivity index (χ0n) is 20.0. The number of anilines is 1. The van der Waals surface area contributed by atoms with E-state index in [4.69, 9.17) is 4.52 Å². The summed E-state index contributed by atoms with van der Waals surface area (Å²) >= 11 is 0. The van der Waals surface area contributed by atoms with Gasteiger partial charge in [-0.3, -0.25) is 4.79 Å². The lowest BCUT2D eigenvalue weighted by Gasteiger charge is -2.21. The Kier molecular flexibility index (Phi) is 7.18. The summed E-state index contributed by atoms with van der Waals surface area (Å²) in [7, 11) is 0. The summed E-state index contributed by atoms with van der Waals surface area (Å²) in [4.78, 5) is 17.7. The van der Waals surface area contributed by atoms with Crippen LogP contribution in [0.5, 0.6) is 0 Å². The van der Waals surface area contributed by atoms with Crippen LogP contribution < -0.4 is 10.6 Å². The van der Waals surface area contributed by atoms with E-state index in [1.54, 1.807) is 12.3 Å². The number of hydrogen-bond donors (Lipinski definition) is 2. The second kappa shape index (κ2) is 10.4. The van der Waals surface area contributed by atoms with Gasteiger partial charge in [0.25, 0.3) is 0 Å². The average Bonchev–Trinajstić information content (AvgIpc) is 3.18. The molecule has 4 aromatic rings. The number of nitrogens with zero attached hydrogens (tertiary/aromatic N) is 2. The summed E-state index contributed by atoms with van der Waals surface area (Å²) in [5, 5.41) is 10.4. The highest BCUT2D eigenvalue weighted by atomic mass is 16.5. The zero-order valence-corrected chi connectivity index (χ0v) is 20.0. The number of benzene rings is 2. The number of carbonyl (C=O) groups is 1. The van der Waals surface area contributed by atoms with Crippen LogP contribution in [0.15, 0.2) is 77.4 Å². The smallest absolute Gasteiger partial charge is 0.247 e. The van der Waals surface area contributed by atoms with Crippen LogP contribution in [0, 0.1) is 20.8 Å². The molecular formula is C28H30N4O2. The van der Waals surface area contributed by atoms with Crippen LogP contribution in [-0.2, 0) is 4.79 Å². The van der Waals surface area contributed by atoms with Crippen LogP contribution in [-0.4, -0.2) is 22.6 Å². The summed E-state index contributed by atoms with van der Waals surface area (Å²) in [6, 6.07) is 21.5. The number of amides is 1. The minimum Gasteiger partial charge on any atom is -0.361 e. The molecule has 2 unspecified atom stereocenters. The van der Waals surface area contributed by atoms with Gasteiger partial charge < -0.3 is 15.2 Å². The molecule has 174 valence electrons. The van der Waals surface area contributed by atoms with Crippen molar-refractivity contribution in [3.05, 3.63) is 101 Å². The van der Waals surface area contributed by atoms with Gasteiger partial charge in [-0.1, -0.05) is 72.2 Å². The number of carbonyl (C=O) groups excluding carboxylic acids is 1. The molecule has 34 heavy (non-hydrogen) atoms. The van der Waals surface area contributed by atoms with Crippen LogP contribution >= 0.6 is 0 Å². The van der Waals surface area contributed by atoms with E-state index < -0.39 is 6.04 Å². The standard InChI is InChI=1S/C28H30N4O2/c1-18-10-12-22(13-11-18)19(2)16-30-27(23-8-6-5-7-9-23)28(33)31-25-15-14-24(17-29-25)26-20(3)32-34-21(26)4/h5-15,17,19,27,30H,16H2,1-4H3,(H,29,31,33). The van der Waals surface area contributed by atoms with E-state index in [2.05, 4.69) is 58.9 Å². The second-order valence-electron chi connectivity index (χ2n) is 8.68. The summed E-state index contributed by atoms with van der Waals surface area (Å²) in [5.74, 6) is 1.34. The van der Waals surface area contributed by atoms with E-state index in [1.807, 2.05) is 50.2 Å². The molecule has 2 N–H and O–H groups in total. The van der Waals surface area contributed by atoms with Gasteiger partial charge in [-0.15, -0.1) is 0 Å². The molecule has 0 saturated carbocycles. The van der Waals surface area contributed by atoms with Crippen LogP contribution in [0.1, 0.15) is 47.0 Å². The van der Waals surface area contributed by atoms with Crippen molar-refractivity contribution in [2.45, 2.75) is 39.7 Å². The first kappa shape index (κ1) is 23.4. The SMILES string of the molecule is Cc1ccc(C(C)CNC(C(=O)Nc2ccc(-c3c(C)noc3C)cn2)c2ccccc2)cc1. The molecule has 0 radical (unpaired) electrons. The van der Waals surface area contributed by atoms with E-state index in [9.17, 15) is 4.79 Å². The Morgan fingerprint density at radius 3 is 2.29 bits per heavy atom. The van der Waals surface area contributed by atoms with Gasteiger partial charge in [-0.2, -0.15) is 0 Å². The molecule has 0 aliphatic carbocycles. The Balaban J connectivity index is 1.48. The highest BCUT2D eigenvalue weighted by Gasteiger charge is 2.22. The van der Waals surface area contributed by atoms with Crippen molar-refractivity contribution in [3.63, 3.8) is 0 Å². The molecule has 0 aliphatic rings. The number of hydrogen-bond acceptors (Lipinski definition) is 5. The van der Waals surface area contributed by atoms with Crippen molar-refractivity contribution >= 4 is 11.7 Å². The quantitative estimate of drug-likeness (QED) is 0.355. The van der Waals surface area contributed by atoms with Gasteiger partial charge in [0.15, 0.2) is 0 Å². The summed E-state index contributed by atoms with van der Waals surface area (Å²) in [6.07, 6.45) is 1.73. The molecular weight excluding hydrogens is 424 g/mol. The van der Waals surface area contributed by atoms with E-state index in [0.29, 0.717) is 12.4 Å². The summed E-state index contributed by atoms with van der Waals surface area (Å²) < 4.78 is 5.25. The normalized spacial score (nSPS) is 12.8. The molecule has 2 atom stereocenters. The van der Waals surface area contributed by atoms with E-state index in [-0.39, 0.29) is 11.8 Å². The number of rotatable bonds is 8. The maximum Gasteiger partial charge on any atom is 0.247 e. The monoisotopic (exact) mass is 454 g/mol. The lowest BCUT2D eigenvalue weighted by Crippen LogP contribution is -2.35. The van der Waals surface area contributed by atoms with E-state index in [1.165, 1.54) is 11.1 Å². The van der Waals surface area contributed by atoms with Gasteiger partial charge in [0.2, 0.25) is 5.91 Å². The van der Waals surface area contributed by atoms with Crippen molar-refractivity contribution in [3.8, 4) is 11.1 Å². The van der Waals surface area contributed by atoms with Gasteiger partial charge in [-0.25, -0.2) is 4.98 Å².